The molecule has 0 aliphatic rings. The van der Waals surface area contributed by atoms with Crippen LogP contribution >= 0.6 is 24.8 Å². The van der Waals surface area contributed by atoms with Crippen molar-refractivity contribution in [2.24, 2.45) is 11.7 Å². The van der Waals surface area contributed by atoms with Gasteiger partial charge in [0.15, 0.2) is 0 Å². The summed E-state index contributed by atoms with van der Waals surface area (Å²) in [6, 6.07) is 8.34. The van der Waals surface area contributed by atoms with Gasteiger partial charge in [-0.3, -0.25) is 9.78 Å². The second-order valence-corrected chi connectivity index (χ2v) is 6.94. The maximum absolute atomic E-state index is 12.1. The van der Waals surface area contributed by atoms with Gasteiger partial charge in [0.1, 0.15) is 0 Å². The zero-order valence-electron chi connectivity index (χ0n) is 16.8. The van der Waals surface area contributed by atoms with Crippen LogP contribution in [-0.4, -0.2) is 10.9 Å². The predicted molar refractivity (Wildman–Crippen MR) is 119 cm³/mol. The van der Waals surface area contributed by atoms with E-state index in [-0.39, 0.29) is 30.7 Å². The van der Waals surface area contributed by atoms with Gasteiger partial charge in [0, 0.05) is 24.2 Å². The molecule has 0 bridgehead atoms. The maximum Gasteiger partial charge on any atom is 0.224 e. The third kappa shape index (κ3) is 6.20. The topological polar surface area (TPSA) is 68.0 Å². The number of nitrogens with two attached hydrogens (primary N) is 1. The van der Waals surface area contributed by atoms with E-state index in [0.29, 0.717) is 18.9 Å². The Hall–Kier alpha value is -1.62. The van der Waals surface area contributed by atoms with Crippen LogP contribution in [0.15, 0.2) is 24.3 Å². The normalized spacial score (nSPS) is 10.2. The van der Waals surface area contributed by atoms with Crippen molar-refractivity contribution in [3.63, 3.8) is 0 Å². The minimum absolute atomic E-state index is 0. The van der Waals surface area contributed by atoms with Crippen molar-refractivity contribution in [2.45, 2.75) is 54.0 Å². The highest BCUT2D eigenvalue weighted by Gasteiger charge is 2.20. The summed E-state index contributed by atoms with van der Waals surface area (Å²) in [4.78, 5) is 16.8. The van der Waals surface area contributed by atoms with Crippen molar-refractivity contribution in [3.05, 3.63) is 46.8 Å². The summed E-state index contributed by atoms with van der Waals surface area (Å²) in [7, 11) is 0. The minimum atomic E-state index is -0.0159. The van der Waals surface area contributed by atoms with Gasteiger partial charge < -0.3 is 11.1 Å². The molecule has 0 atom stereocenters. The molecule has 0 aliphatic heterocycles. The Morgan fingerprint density at radius 3 is 2.22 bits per heavy atom. The second kappa shape index (κ2) is 11.3. The molecular weight excluding hydrogens is 381 g/mol. The molecule has 1 aromatic carbocycles. The molecule has 2 rings (SSSR count). The van der Waals surface area contributed by atoms with Crippen LogP contribution in [0, 0.1) is 19.8 Å². The standard InChI is InChI=1S/C21H29N3O.2ClH/c1-6-19(25)24-21-15(5)23-18(11-13(2)3)17(12-22)20(21)16-9-7-14(4)8-10-16;;/h7-10,13H,6,11-12,22H2,1-5H3,(H,24,25);2*1H. The average Bonchev–Trinajstić information content (AvgIpc) is 2.57. The van der Waals surface area contributed by atoms with E-state index in [1.807, 2.05) is 13.8 Å². The van der Waals surface area contributed by atoms with Gasteiger partial charge in [0.25, 0.3) is 0 Å². The number of aromatic nitrogens is 1. The number of pyridine rings is 1. The molecule has 0 aliphatic carbocycles. The molecule has 3 N–H and O–H groups in total. The first-order chi connectivity index (χ1) is 11.9. The van der Waals surface area contributed by atoms with Crippen molar-refractivity contribution < 1.29 is 4.79 Å². The number of rotatable bonds is 6. The van der Waals surface area contributed by atoms with Gasteiger partial charge in [0.05, 0.1) is 11.4 Å². The van der Waals surface area contributed by atoms with Crippen LogP contribution in [-0.2, 0) is 17.8 Å². The highest BCUT2D eigenvalue weighted by Crippen LogP contribution is 2.36. The number of hydrogen-bond donors (Lipinski definition) is 2. The summed E-state index contributed by atoms with van der Waals surface area (Å²) in [6.07, 6.45) is 1.30. The fraction of sp³-hybridized carbons (Fsp3) is 0.429. The summed E-state index contributed by atoms with van der Waals surface area (Å²) in [6.45, 7) is 10.6. The molecule has 2 aromatic rings. The first-order valence-electron chi connectivity index (χ1n) is 8.96. The van der Waals surface area contributed by atoms with E-state index < -0.39 is 0 Å². The number of hydrogen-bond acceptors (Lipinski definition) is 3. The zero-order chi connectivity index (χ0) is 18.6. The first kappa shape index (κ1) is 25.4. The van der Waals surface area contributed by atoms with Crippen LogP contribution in [0.5, 0.6) is 0 Å². The lowest BCUT2D eigenvalue weighted by atomic mass is 9.92. The number of benzene rings is 1. The summed E-state index contributed by atoms with van der Waals surface area (Å²) >= 11 is 0. The molecule has 1 amide bonds. The predicted octanol–water partition coefficient (Wildman–Crippen LogP) is 5.21. The monoisotopic (exact) mass is 411 g/mol. The molecule has 27 heavy (non-hydrogen) atoms. The Labute approximate surface area is 175 Å². The molecule has 150 valence electrons. The van der Waals surface area contributed by atoms with Gasteiger partial charge in [-0.15, -0.1) is 24.8 Å². The van der Waals surface area contributed by atoms with Crippen molar-refractivity contribution in [3.8, 4) is 11.1 Å². The molecule has 0 saturated carbocycles. The maximum atomic E-state index is 12.1. The zero-order valence-corrected chi connectivity index (χ0v) is 18.4. The molecule has 1 heterocycles. The highest BCUT2D eigenvalue weighted by atomic mass is 35.5. The Bertz CT molecular complexity index is 759. The van der Waals surface area contributed by atoms with E-state index >= 15 is 0 Å². The lowest BCUT2D eigenvalue weighted by Crippen LogP contribution is -2.17. The highest BCUT2D eigenvalue weighted by molar-refractivity contribution is 5.97. The number of aryl methyl sites for hydroxylation is 2. The SMILES string of the molecule is CCC(=O)Nc1c(C)nc(CC(C)C)c(CN)c1-c1ccc(C)cc1.Cl.Cl. The number of amides is 1. The molecule has 4 nitrogen and oxygen atoms in total. The van der Waals surface area contributed by atoms with E-state index in [9.17, 15) is 4.79 Å². The van der Waals surface area contributed by atoms with Gasteiger partial charge in [-0.1, -0.05) is 50.6 Å². The molecule has 0 spiro atoms. The number of anilines is 1. The summed E-state index contributed by atoms with van der Waals surface area (Å²) in [5.74, 6) is 0.469. The molecular formula is C21H31Cl2N3O. The Morgan fingerprint density at radius 2 is 1.74 bits per heavy atom. The van der Waals surface area contributed by atoms with Crippen LogP contribution in [0.1, 0.15) is 49.7 Å². The second-order valence-electron chi connectivity index (χ2n) is 6.94. The summed E-state index contributed by atoms with van der Waals surface area (Å²) in [5, 5.41) is 3.04. The van der Waals surface area contributed by atoms with Gasteiger partial charge in [-0.2, -0.15) is 0 Å². The van der Waals surface area contributed by atoms with Crippen LogP contribution in [0.4, 0.5) is 5.69 Å². The number of nitrogens with one attached hydrogen (secondary N) is 1. The Kier molecular flexibility index (Phi) is 10.6. The van der Waals surface area contributed by atoms with Gasteiger partial charge >= 0.3 is 0 Å². The first-order valence-corrected chi connectivity index (χ1v) is 8.96. The summed E-state index contributed by atoms with van der Waals surface area (Å²) in [5.41, 5.74) is 13.1. The van der Waals surface area contributed by atoms with Crippen molar-refractivity contribution in [1.82, 2.24) is 4.98 Å². The Morgan fingerprint density at radius 1 is 1.15 bits per heavy atom. The van der Waals surface area contributed by atoms with Gasteiger partial charge in [0.2, 0.25) is 5.91 Å². The lowest BCUT2D eigenvalue weighted by molar-refractivity contribution is -0.115. The minimum Gasteiger partial charge on any atom is -0.326 e. The fourth-order valence-electron chi connectivity index (χ4n) is 3.00. The third-order valence-corrected chi connectivity index (χ3v) is 4.30. The Balaban J connectivity index is 0.00000338. The molecule has 0 fully saturated rings. The van der Waals surface area contributed by atoms with Crippen LogP contribution in [0.2, 0.25) is 0 Å². The molecule has 6 heteroatoms. The van der Waals surface area contributed by atoms with Crippen LogP contribution < -0.4 is 11.1 Å². The van der Waals surface area contributed by atoms with Crippen molar-refractivity contribution in [2.75, 3.05) is 5.32 Å². The number of halogens is 2. The number of carbonyl (C=O) groups is 1. The lowest BCUT2D eigenvalue weighted by Gasteiger charge is -2.21. The van der Waals surface area contributed by atoms with Crippen molar-refractivity contribution >= 4 is 36.4 Å². The number of nitrogens with zero attached hydrogens (tertiary/aromatic N) is 1. The van der Waals surface area contributed by atoms with Crippen molar-refractivity contribution in [1.29, 1.82) is 0 Å². The van der Waals surface area contributed by atoms with Crippen LogP contribution in [0.25, 0.3) is 11.1 Å². The average molecular weight is 412 g/mol. The van der Waals surface area contributed by atoms with E-state index in [1.165, 1.54) is 5.56 Å². The third-order valence-electron chi connectivity index (χ3n) is 4.30. The largest absolute Gasteiger partial charge is 0.326 e. The number of carbonyl (C=O) groups excluding carboxylic acids is 1. The molecule has 0 unspecified atom stereocenters. The van der Waals surface area contributed by atoms with E-state index in [2.05, 4.69) is 50.4 Å². The fourth-order valence-corrected chi connectivity index (χ4v) is 3.00. The summed E-state index contributed by atoms with van der Waals surface area (Å²) < 4.78 is 0. The van der Waals surface area contributed by atoms with E-state index in [4.69, 9.17) is 10.7 Å². The van der Waals surface area contributed by atoms with E-state index in [0.717, 1.165) is 40.2 Å². The van der Waals surface area contributed by atoms with Gasteiger partial charge in [-0.25, -0.2) is 0 Å². The van der Waals surface area contributed by atoms with Crippen LogP contribution in [0.3, 0.4) is 0 Å². The van der Waals surface area contributed by atoms with Gasteiger partial charge in [-0.05, 0) is 37.3 Å². The van der Waals surface area contributed by atoms with E-state index in [1.54, 1.807) is 0 Å². The molecule has 0 saturated heterocycles. The quantitative estimate of drug-likeness (QED) is 0.684. The smallest absolute Gasteiger partial charge is 0.224 e. The molecule has 1 aromatic heterocycles. The molecule has 0 radical (unpaired) electrons.